The summed E-state index contributed by atoms with van der Waals surface area (Å²) in [5.41, 5.74) is 5.72. The number of oxime groups is 1. The standard InChI is InChI=1S/C11H14FN3O2/c1-2-9(10(13)15-17)14-11(16)7-3-5-8(12)6-4-7/h3-6,9,17H,2H2,1H3,(H2,13,15)(H,14,16). The van der Waals surface area contributed by atoms with Gasteiger partial charge in [0.1, 0.15) is 5.82 Å². The van der Waals surface area contributed by atoms with Crippen LogP contribution in [0.1, 0.15) is 23.7 Å². The molecule has 0 spiro atoms. The van der Waals surface area contributed by atoms with E-state index in [4.69, 9.17) is 10.9 Å². The van der Waals surface area contributed by atoms with Crippen LogP contribution < -0.4 is 11.1 Å². The van der Waals surface area contributed by atoms with Gasteiger partial charge in [0.05, 0.1) is 6.04 Å². The minimum Gasteiger partial charge on any atom is -0.409 e. The second kappa shape index (κ2) is 5.83. The number of hydrogen-bond acceptors (Lipinski definition) is 3. The van der Waals surface area contributed by atoms with Crippen molar-refractivity contribution in [1.29, 1.82) is 0 Å². The monoisotopic (exact) mass is 239 g/mol. The summed E-state index contributed by atoms with van der Waals surface area (Å²) < 4.78 is 12.7. The van der Waals surface area contributed by atoms with Crippen molar-refractivity contribution in [3.05, 3.63) is 35.6 Å². The van der Waals surface area contributed by atoms with E-state index in [1.807, 2.05) is 0 Å². The number of amides is 1. The number of halogens is 1. The first-order valence-corrected chi connectivity index (χ1v) is 5.12. The number of nitrogens with one attached hydrogen (secondary N) is 1. The SMILES string of the molecule is CCC(NC(=O)c1ccc(F)cc1)/C(N)=N/O. The van der Waals surface area contributed by atoms with Gasteiger partial charge >= 0.3 is 0 Å². The number of nitrogens with two attached hydrogens (primary N) is 1. The molecule has 1 amide bonds. The van der Waals surface area contributed by atoms with Crippen LogP contribution in [0, 0.1) is 5.82 Å². The maximum atomic E-state index is 12.7. The Hall–Kier alpha value is -2.11. The van der Waals surface area contributed by atoms with Crippen molar-refractivity contribution in [3.63, 3.8) is 0 Å². The molecule has 92 valence electrons. The number of carbonyl (C=O) groups excluding carboxylic acids is 1. The first-order chi connectivity index (χ1) is 8.08. The predicted molar refractivity (Wildman–Crippen MR) is 61.4 cm³/mol. The van der Waals surface area contributed by atoms with E-state index in [1.54, 1.807) is 6.92 Å². The van der Waals surface area contributed by atoms with Crippen LogP contribution in [0.25, 0.3) is 0 Å². The number of benzene rings is 1. The molecular weight excluding hydrogens is 225 g/mol. The van der Waals surface area contributed by atoms with Crippen LogP contribution in [0.15, 0.2) is 29.4 Å². The molecule has 0 aliphatic carbocycles. The van der Waals surface area contributed by atoms with Crippen LogP contribution in [0.3, 0.4) is 0 Å². The summed E-state index contributed by atoms with van der Waals surface area (Å²) in [6, 6.07) is 4.57. The lowest BCUT2D eigenvalue weighted by Crippen LogP contribution is -2.44. The van der Waals surface area contributed by atoms with Gasteiger partial charge in [-0.3, -0.25) is 4.79 Å². The summed E-state index contributed by atoms with van der Waals surface area (Å²) in [5, 5.41) is 13.9. The summed E-state index contributed by atoms with van der Waals surface area (Å²) in [5.74, 6) is -0.878. The van der Waals surface area contributed by atoms with Crippen molar-refractivity contribution < 1.29 is 14.4 Å². The number of hydrogen-bond donors (Lipinski definition) is 3. The van der Waals surface area contributed by atoms with Gasteiger partial charge in [0.15, 0.2) is 5.84 Å². The van der Waals surface area contributed by atoms with E-state index < -0.39 is 17.8 Å². The molecule has 0 aliphatic heterocycles. The zero-order valence-corrected chi connectivity index (χ0v) is 9.35. The minimum absolute atomic E-state index is 0.0667. The van der Waals surface area contributed by atoms with Crippen LogP contribution in [0.4, 0.5) is 4.39 Å². The van der Waals surface area contributed by atoms with Gasteiger partial charge in [0, 0.05) is 5.56 Å². The van der Waals surface area contributed by atoms with E-state index in [0.29, 0.717) is 12.0 Å². The Bertz CT molecular complexity index is 417. The molecule has 0 aliphatic rings. The van der Waals surface area contributed by atoms with Gasteiger partial charge in [-0.2, -0.15) is 0 Å². The van der Waals surface area contributed by atoms with Gasteiger partial charge in [-0.1, -0.05) is 12.1 Å². The molecule has 1 unspecified atom stereocenters. The zero-order chi connectivity index (χ0) is 12.8. The molecule has 4 N–H and O–H groups in total. The Balaban J connectivity index is 2.74. The van der Waals surface area contributed by atoms with E-state index in [0.717, 1.165) is 0 Å². The van der Waals surface area contributed by atoms with Crippen LogP contribution in [-0.4, -0.2) is 23.0 Å². The third-order valence-electron chi connectivity index (χ3n) is 2.29. The molecule has 6 heteroatoms. The first-order valence-electron chi connectivity index (χ1n) is 5.12. The lowest BCUT2D eigenvalue weighted by molar-refractivity contribution is 0.0945. The fourth-order valence-electron chi connectivity index (χ4n) is 1.30. The quantitative estimate of drug-likeness (QED) is 0.318. The fourth-order valence-corrected chi connectivity index (χ4v) is 1.30. The lowest BCUT2D eigenvalue weighted by atomic mass is 10.1. The summed E-state index contributed by atoms with van der Waals surface area (Å²) in [4.78, 5) is 11.7. The minimum atomic E-state index is -0.544. The van der Waals surface area contributed by atoms with Gasteiger partial charge in [-0.15, -0.1) is 0 Å². The van der Waals surface area contributed by atoms with E-state index >= 15 is 0 Å². The van der Waals surface area contributed by atoms with Crippen molar-refractivity contribution in [2.75, 3.05) is 0 Å². The lowest BCUT2D eigenvalue weighted by Gasteiger charge is -2.15. The van der Waals surface area contributed by atoms with Crippen LogP contribution in [0.2, 0.25) is 0 Å². The molecule has 0 radical (unpaired) electrons. The third kappa shape index (κ3) is 3.44. The second-order valence-electron chi connectivity index (χ2n) is 3.47. The van der Waals surface area contributed by atoms with E-state index in [-0.39, 0.29) is 5.84 Å². The molecule has 0 saturated heterocycles. The number of carbonyl (C=O) groups is 1. The largest absolute Gasteiger partial charge is 0.409 e. The topological polar surface area (TPSA) is 87.7 Å². The molecule has 1 aromatic rings. The number of rotatable bonds is 4. The predicted octanol–water partition coefficient (Wildman–Crippen LogP) is 1.08. The van der Waals surface area contributed by atoms with Gasteiger partial charge in [0.25, 0.3) is 5.91 Å². The Labute approximate surface area is 98.1 Å². The molecular formula is C11H14FN3O2. The molecule has 1 rings (SSSR count). The van der Waals surface area contributed by atoms with Crippen LogP contribution in [0.5, 0.6) is 0 Å². The van der Waals surface area contributed by atoms with Crippen molar-refractivity contribution in [1.82, 2.24) is 5.32 Å². The van der Waals surface area contributed by atoms with E-state index in [1.165, 1.54) is 24.3 Å². The van der Waals surface area contributed by atoms with E-state index in [2.05, 4.69) is 10.5 Å². The molecule has 1 aromatic carbocycles. The highest BCUT2D eigenvalue weighted by molar-refractivity contribution is 5.98. The van der Waals surface area contributed by atoms with Gasteiger partial charge in [-0.25, -0.2) is 4.39 Å². The molecule has 0 saturated carbocycles. The first kappa shape index (κ1) is 13.0. The average Bonchev–Trinajstić information content (AvgIpc) is 2.35. The summed E-state index contributed by atoms with van der Waals surface area (Å²) >= 11 is 0. The summed E-state index contributed by atoms with van der Waals surface area (Å²) in [7, 11) is 0. The Morgan fingerprint density at radius 2 is 2.12 bits per heavy atom. The molecule has 17 heavy (non-hydrogen) atoms. The number of nitrogens with zero attached hydrogens (tertiary/aromatic N) is 1. The Morgan fingerprint density at radius 3 is 2.59 bits per heavy atom. The summed E-state index contributed by atoms with van der Waals surface area (Å²) in [6.45, 7) is 1.79. The molecule has 0 aromatic heterocycles. The molecule has 0 bridgehead atoms. The van der Waals surface area contributed by atoms with Crippen molar-refractivity contribution in [3.8, 4) is 0 Å². The average molecular weight is 239 g/mol. The summed E-state index contributed by atoms with van der Waals surface area (Å²) in [6.07, 6.45) is 0.489. The van der Waals surface area contributed by atoms with Crippen LogP contribution in [-0.2, 0) is 0 Å². The van der Waals surface area contributed by atoms with Crippen LogP contribution >= 0.6 is 0 Å². The molecule has 0 fully saturated rings. The second-order valence-corrected chi connectivity index (χ2v) is 3.47. The molecule has 0 heterocycles. The van der Waals surface area contributed by atoms with Crippen molar-refractivity contribution in [2.24, 2.45) is 10.9 Å². The smallest absolute Gasteiger partial charge is 0.251 e. The highest BCUT2D eigenvalue weighted by Gasteiger charge is 2.15. The van der Waals surface area contributed by atoms with Gasteiger partial charge in [-0.05, 0) is 30.7 Å². The van der Waals surface area contributed by atoms with Crippen molar-refractivity contribution in [2.45, 2.75) is 19.4 Å². The van der Waals surface area contributed by atoms with Gasteiger partial charge < -0.3 is 16.3 Å². The maximum absolute atomic E-state index is 12.7. The Morgan fingerprint density at radius 1 is 1.53 bits per heavy atom. The highest BCUT2D eigenvalue weighted by atomic mass is 19.1. The normalized spacial score (nSPS) is 13.2. The Kier molecular flexibility index (Phi) is 4.45. The van der Waals surface area contributed by atoms with Crippen molar-refractivity contribution >= 4 is 11.7 Å². The van der Waals surface area contributed by atoms with Gasteiger partial charge in [0.2, 0.25) is 0 Å². The number of amidine groups is 1. The molecule has 1 atom stereocenters. The third-order valence-corrected chi connectivity index (χ3v) is 2.29. The zero-order valence-electron chi connectivity index (χ0n) is 9.35. The fraction of sp³-hybridized carbons (Fsp3) is 0.273. The highest BCUT2D eigenvalue weighted by Crippen LogP contribution is 2.03. The maximum Gasteiger partial charge on any atom is 0.251 e. The van der Waals surface area contributed by atoms with E-state index in [9.17, 15) is 9.18 Å². The molecule has 5 nitrogen and oxygen atoms in total.